The molecule has 27 nitrogen and oxygen atoms in total. The number of rotatable bonds is 13. The molecule has 0 bridgehead atoms. The number of nitrogen functional groups attached to an aromatic ring is 1. The first-order valence-corrected chi connectivity index (χ1v) is 19.5. The van der Waals surface area contributed by atoms with Gasteiger partial charge in [-0.15, -0.1) is 0 Å². The minimum Gasteiger partial charge on any atom is -0.387 e. The van der Waals surface area contributed by atoms with Crippen molar-refractivity contribution in [3.63, 3.8) is 0 Å². The van der Waals surface area contributed by atoms with Crippen molar-refractivity contribution in [3.05, 3.63) is 39.2 Å². The van der Waals surface area contributed by atoms with E-state index in [0.717, 1.165) is 10.9 Å². The quantitative estimate of drug-likeness (QED) is 0.0475. The summed E-state index contributed by atoms with van der Waals surface area (Å²) in [4.78, 5) is 71.7. The average Bonchev–Trinajstić information content (AvgIpc) is 3.76. The van der Waals surface area contributed by atoms with Gasteiger partial charge in [0.25, 0.3) is 17.1 Å². The monoisotopic (exact) mass is 816 g/mol. The van der Waals surface area contributed by atoms with Gasteiger partial charge in [0.1, 0.15) is 42.4 Å². The van der Waals surface area contributed by atoms with E-state index >= 15 is 0 Å². The molecule has 4 aromatic heterocycles. The SMILES string of the molecule is COC1[C@@H](COP(=O)(O)OP(=O)(O)OP(=O)(O)OCC2OC([n+]3cn(C)c4c(=O)[nH]c(N)nc43)C(O)C2O)O[C@@H](n2cnc3c(=O)[nH]c(C)nc32)[C@H]1O. The van der Waals surface area contributed by atoms with Crippen LogP contribution in [0, 0.1) is 6.92 Å². The van der Waals surface area contributed by atoms with E-state index in [1.165, 1.54) is 36.5 Å². The van der Waals surface area contributed by atoms with Crippen molar-refractivity contribution in [1.29, 1.82) is 0 Å². The van der Waals surface area contributed by atoms with Gasteiger partial charge in [-0.1, -0.05) is 4.98 Å². The summed E-state index contributed by atoms with van der Waals surface area (Å²) in [7, 11) is -14.6. The number of nitrogens with one attached hydrogen (secondary N) is 2. The number of aromatic nitrogens is 8. The van der Waals surface area contributed by atoms with Crippen molar-refractivity contribution >= 4 is 51.7 Å². The molecule has 0 radical (unpaired) electrons. The van der Waals surface area contributed by atoms with Gasteiger partial charge in [-0.3, -0.25) is 32.8 Å². The molecule has 0 amide bonds. The first-order chi connectivity index (χ1) is 24.7. The number of aliphatic hydroxyl groups excluding tert-OH is 3. The number of phosphoric acid groups is 3. The summed E-state index contributed by atoms with van der Waals surface area (Å²) in [6.07, 6.45) is -9.50. The van der Waals surface area contributed by atoms with E-state index in [2.05, 4.69) is 38.1 Å². The summed E-state index contributed by atoms with van der Waals surface area (Å²) >= 11 is 0. The molecule has 6 heterocycles. The van der Waals surface area contributed by atoms with E-state index in [-0.39, 0.29) is 34.1 Å². The molecule has 2 saturated heterocycles. The van der Waals surface area contributed by atoms with E-state index in [4.69, 9.17) is 24.5 Å². The van der Waals surface area contributed by atoms with Crippen LogP contribution in [-0.4, -0.2) is 121 Å². The van der Waals surface area contributed by atoms with E-state index in [9.17, 15) is 53.3 Å². The van der Waals surface area contributed by atoms with Crippen LogP contribution in [0.4, 0.5) is 5.95 Å². The number of imidazole rings is 2. The highest BCUT2D eigenvalue weighted by molar-refractivity contribution is 7.66. The molecular weight excluding hydrogens is 783 g/mol. The number of phosphoric ester groups is 2. The Hall–Kier alpha value is -3.33. The Kier molecular flexibility index (Phi) is 10.7. The Morgan fingerprint density at radius 3 is 2.21 bits per heavy atom. The highest BCUT2D eigenvalue weighted by atomic mass is 31.3. The van der Waals surface area contributed by atoms with Gasteiger partial charge in [0.05, 0.1) is 26.6 Å². The van der Waals surface area contributed by atoms with Gasteiger partial charge in [-0.05, 0) is 6.92 Å². The predicted molar refractivity (Wildman–Crippen MR) is 169 cm³/mol. The van der Waals surface area contributed by atoms with Crippen molar-refractivity contribution in [2.75, 3.05) is 26.1 Å². The molecule has 2 aliphatic rings. The third-order valence-electron chi connectivity index (χ3n) is 8.02. The van der Waals surface area contributed by atoms with E-state index in [0.29, 0.717) is 0 Å². The lowest BCUT2D eigenvalue weighted by atomic mass is 10.1. The number of anilines is 1. The normalized spacial score (nSPS) is 29.8. The van der Waals surface area contributed by atoms with Gasteiger partial charge < -0.3 is 54.9 Å². The maximum Gasteiger partial charge on any atom is 0.490 e. The van der Waals surface area contributed by atoms with Crippen molar-refractivity contribution in [2.45, 2.75) is 56.0 Å². The number of fused-ring (bicyclic) bond motifs is 2. The van der Waals surface area contributed by atoms with Crippen molar-refractivity contribution in [3.8, 4) is 0 Å². The molecule has 10 N–H and O–H groups in total. The number of methoxy groups -OCH3 is 1. The first kappa shape index (κ1) is 39.4. The number of hydrogen-bond donors (Lipinski definition) is 9. The third kappa shape index (κ3) is 7.92. The van der Waals surface area contributed by atoms with Crippen molar-refractivity contribution in [2.24, 2.45) is 7.05 Å². The molecule has 8 unspecified atom stereocenters. The Labute approximate surface area is 294 Å². The Morgan fingerprint density at radius 1 is 0.925 bits per heavy atom. The fourth-order valence-electron chi connectivity index (χ4n) is 5.81. The molecule has 2 fully saturated rings. The fraction of sp³-hybridized carbons (Fsp3) is 0.565. The largest absolute Gasteiger partial charge is 0.490 e. The average molecular weight is 816 g/mol. The standard InChI is InChI=1S/C23H32N9O18P3/c1-8-26-17-11(19(36)27-8)25-6-31(17)22-15(35)16(44-3)10(48-22)5-46-52(40,41)50-53(42,43)49-51(38,39)45-4-9-13(33)14(34)21(47-9)32-7-30(2)12-18(32)28-23(24)29-20(12)37/h6-7,9-10,13-16,21-22,33-35H,4-5H2,1-3H3,(H6-,24,26,27,28,29,36,37,38,39,40,41,42,43)/p+1/t9?,10-,13?,14?,15+,16?,21?,22-/m1/s1. The zero-order chi connectivity index (χ0) is 38.8. The second-order valence-corrected chi connectivity index (χ2v) is 16.3. The van der Waals surface area contributed by atoms with Crippen LogP contribution in [0.15, 0.2) is 22.2 Å². The van der Waals surface area contributed by atoms with E-state index < -0.39 is 96.9 Å². The number of aryl methyl sites for hydroxylation is 2. The smallest absolute Gasteiger partial charge is 0.387 e. The van der Waals surface area contributed by atoms with Crippen LogP contribution in [0.2, 0.25) is 0 Å². The van der Waals surface area contributed by atoms with Crippen LogP contribution < -0.4 is 21.4 Å². The van der Waals surface area contributed by atoms with E-state index in [1.807, 2.05) is 0 Å². The lowest BCUT2D eigenvalue weighted by Crippen LogP contribution is -2.46. The van der Waals surface area contributed by atoms with Crippen molar-refractivity contribution < 1.29 is 80.1 Å². The molecule has 30 heteroatoms. The van der Waals surface area contributed by atoms with Gasteiger partial charge in [0, 0.05) is 7.11 Å². The van der Waals surface area contributed by atoms with Gasteiger partial charge in [0.15, 0.2) is 23.7 Å². The van der Waals surface area contributed by atoms with Gasteiger partial charge >= 0.3 is 29.1 Å². The zero-order valence-corrected chi connectivity index (χ0v) is 30.1. The van der Waals surface area contributed by atoms with Crippen LogP contribution in [0.1, 0.15) is 18.3 Å². The second kappa shape index (κ2) is 14.4. The maximum atomic E-state index is 12.6. The lowest BCUT2D eigenvalue weighted by molar-refractivity contribution is -0.745. The summed E-state index contributed by atoms with van der Waals surface area (Å²) in [6.45, 7) is -0.488. The highest BCUT2D eigenvalue weighted by Gasteiger charge is 2.50. The first-order valence-electron chi connectivity index (χ1n) is 15.0. The molecular formula is C23H33N9O18P3+. The minimum atomic E-state index is -5.97. The topological polar surface area (TPSA) is 381 Å². The van der Waals surface area contributed by atoms with Crippen LogP contribution in [0.3, 0.4) is 0 Å². The number of nitrogens with zero attached hydrogens (tertiary/aromatic N) is 6. The highest BCUT2D eigenvalue weighted by Crippen LogP contribution is 2.67. The number of nitrogens with two attached hydrogens (primary N) is 1. The predicted octanol–water partition coefficient (Wildman–Crippen LogP) is -3.17. The molecule has 0 spiro atoms. The maximum absolute atomic E-state index is 12.6. The third-order valence-corrected chi connectivity index (χ3v) is 12.3. The fourth-order valence-corrected chi connectivity index (χ4v) is 9.33. The molecule has 11 atom stereocenters. The number of hydrogen-bond acceptors (Lipinski definition) is 19. The Morgan fingerprint density at radius 2 is 1.57 bits per heavy atom. The van der Waals surface area contributed by atoms with Gasteiger partial charge in [-0.25, -0.2) is 28.2 Å². The number of H-pyrrole nitrogens is 2. The Balaban J connectivity index is 1.06. The van der Waals surface area contributed by atoms with Crippen LogP contribution >= 0.6 is 23.5 Å². The van der Waals surface area contributed by atoms with E-state index in [1.54, 1.807) is 0 Å². The zero-order valence-electron chi connectivity index (χ0n) is 27.4. The van der Waals surface area contributed by atoms with Crippen molar-refractivity contribution in [1.82, 2.24) is 34.1 Å². The minimum absolute atomic E-state index is 0.0204. The molecule has 53 heavy (non-hydrogen) atoms. The number of aliphatic hydroxyl groups is 3. The summed E-state index contributed by atoms with van der Waals surface area (Å²) in [5.41, 5.74) is 4.35. The summed E-state index contributed by atoms with van der Waals surface area (Å²) in [5, 5.41) is 32.0. The molecule has 0 saturated carbocycles. The van der Waals surface area contributed by atoms with Gasteiger partial charge in [-0.2, -0.15) is 8.62 Å². The van der Waals surface area contributed by atoms with Crippen LogP contribution in [0.25, 0.3) is 22.3 Å². The molecule has 0 aromatic carbocycles. The summed E-state index contributed by atoms with van der Waals surface area (Å²) in [6, 6.07) is 0. The number of ether oxygens (including phenoxy) is 3. The lowest BCUT2D eigenvalue weighted by Gasteiger charge is -2.21. The summed E-state index contributed by atoms with van der Waals surface area (Å²) < 4.78 is 75.5. The number of aromatic amines is 2. The summed E-state index contributed by atoms with van der Waals surface area (Å²) in [5.74, 6) is -0.0452. The van der Waals surface area contributed by atoms with Gasteiger partial charge in [0.2, 0.25) is 11.7 Å². The Bertz CT molecular complexity index is 2300. The molecule has 292 valence electrons. The van der Waals surface area contributed by atoms with Crippen LogP contribution in [0.5, 0.6) is 0 Å². The second-order valence-electron chi connectivity index (χ2n) is 11.7. The molecule has 4 aromatic rings. The van der Waals surface area contributed by atoms with Crippen LogP contribution in [-0.2, 0) is 52.6 Å². The molecule has 0 aliphatic carbocycles. The molecule has 6 rings (SSSR count). The molecule has 2 aliphatic heterocycles.